The van der Waals surface area contributed by atoms with Crippen LogP contribution in [0.5, 0.6) is 0 Å². The first kappa shape index (κ1) is 11.9. The van der Waals surface area contributed by atoms with Crippen LogP contribution in [0.2, 0.25) is 0 Å². The van der Waals surface area contributed by atoms with Gasteiger partial charge in [-0.25, -0.2) is 9.78 Å². The molecule has 5 nitrogen and oxygen atoms in total. The van der Waals surface area contributed by atoms with Gasteiger partial charge >= 0.3 is 5.97 Å². The van der Waals surface area contributed by atoms with E-state index in [2.05, 4.69) is 9.55 Å². The smallest absolute Gasteiger partial charge is 0.335 e. The Morgan fingerprint density at radius 3 is 2.95 bits per heavy atom. The molecule has 0 unspecified atom stereocenters. The van der Waals surface area contributed by atoms with Crippen LogP contribution in [0.1, 0.15) is 29.2 Å². The van der Waals surface area contributed by atoms with Crippen LogP contribution in [0.3, 0.4) is 0 Å². The van der Waals surface area contributed by atoms with E-state index < -0.39 is 5.97 Å². The van der Waals surface area contributed by atoms with Gasteiger partial charge in [0, 0.05) is 5.92 Å². The molecular weight excluding hydrogens is 256 g/mol. The van der Waals surface area contributed by atoms with Gasteiger partial charge in [-0.15, -0.1) is 0 Å². The Bertz CT molecular complexity index is 675. The monoisotopic (exact) mass is 272 g/mol. The first-order valence-corrected chi connectivity index (χ1v) is 7.01. The Kier molecular flexibility index (Phi) is 2.57. The van der Waals surface area contributed by atoms with Crippen LogP contribution in [0.25, 0.3) is 11.0 Å². The molecule has 2 atom stereocenters. The fourth-order valence-corrected chi connectivity index (χ4v) is 3.24. The summed E-state index contributed by atoms with van der Waals surface area (Å²) < 4.78 is 7.77. The third-order valence-corrected chi connectivity index (χ3v) is 4.50. The van der Waals surface area contributed by atoms with Gasteiger partial charge in [0.15, 0.2) is 0 Å². The minimum absolute atomic E-state index is 0.288. The Hall–Kier alpha value is -1.88. The highest BCUT2D eigenvalue weighted by atomic mass is 16.5. The van der Waals surface area contributed by atoms with Gasteiger partial charge in [0.05, 0.1) is 42.2 Å². The van der Waals surface area contributed by atoms with Crippen molar-refractivity contribution in [3.8, 4) is 0 Å². The van der Waals surface area contributed by atoms with Gasteiger partial charge in [-0.2, -0.15) is 0 Å². The van der Waals surface area contributed by atoms with E-state index in [0.717, 1.165) is 23.6 Å². The maximum absolute atomic E-state index is 11.1. The summed E-state index contributed by atoms with van der Waals surface area (Å²) in [5.74, 6) is 0.407. The fourth-order valence-electron chi connectivity index (χ4n) is 3.24. The summed E-state index contributed by atoms with van der Waals surface area (Å²) in [5, 5.41) is 9.13. The topological polar surface area (TPSA) is 64.3 Å². The molecule has 4 rings (SSSR count). The van der Waals surface area contributed by atoms with Gasteiger partial charge in [0.25, 0.3) is 0 Å². The van der Waals surface area contributed by atoms with Crippen molar-refractivity contribution < 1.29 is 14.6 Å². The molecule has 5 heteroatoms. The van der Waals surface area contributed by atoms with E-state index in [1.54, 1.807) is 18.2 Å². The number of nitrogens with zero attached hydrogens (tertiary/aromatic N) is 2. The molecule has 104 valence electrons. The zero-order valence-corrected chi connectivity index (χ0v) is 11.0. The quantitative estimate of drug-likeness (QED) is 0.931. The molecule has 1 aliphatic heterocycles. The zero-order valence-electron chi connectivity index (χ0n) is 11.0. The summed E-state index contributed by atoms with van der Waals surface area (Å²) in [5.41, 5.74) is 2.05. The first-order chi connectivity index (χ1) is 9.74. The predicted molar refractivity (Wildman–Crippen MR) is 72.8 cm³/mol. The number of ether oxygens (including phenoxy) is 1. The number of hydrogen-bond acceptors (Lipinski definition) is 3. The molecule has 1 N–H and O–H groups in total. The molecular formula is C15H16N2O3. The third-order valence-electron chi connectivity index (χ3n) is 4.50. The lowest BCUT2D eigenvalue weighted by Crippen LogP contribution is -2.18. The van der Waals surface area contributed by atoms with Gasteiger partial charge in [0.2, 0.25) is 0 Å². The number of carboxylic acids is 1. The van der Waals surface area contributed by atoms with Crippen molar-refractivity contribution in [2.24, 2.45) is 11.8 Å². The second kappa shape index (κ2) is 4.31. The summed E-state index contributed by atoms with van der Waals surface area (Å²) in [6.07, 6.45) is 4.40. The molecule has 1 aliphatic carbocycles. The number of aromatic carboxylic acids is 1. The molecule has 0 bridgehead atoms. The average molecular weight is 272 g/mol. The molecule has 2 heterocycles. The summed E-state index contributed by atoms with van der Waals surface area (Å²) in [6, 6.07) is 5.38. The number of imidazole rings is 1. The molecule has 2 fully saturated rings. The minimum atomic E-state index is -0.902. The summed E-state index contributed by atoms with van der Waals surface area (Å²) >= 11 is 0. The van der Waals surface area contributed by atoms with E-state index in [4.69, 9.17) is 9.84 Å². The number of hydrogen-bond donors (Lipinski definition) is 1. The molecule has 0 amide bonds. The van der Waals surface area contributed by atoms with E-state index >= 15 is 0 Å². The lowest BCUT2D eigenvalue weighted by Gasteiger charge is -2.19. The molecule has 1 aromatic carbocycles. The van der Waals surface area contributed by atoms with Crippen LogP contribution in [-0.2, 0) is 4.74 Å². The van der Waals surface area contributed by atoms with Crippen LogP contribution >= 0.6 is 0 Å². The largest absolute Gasteiger partial charge is 0.478 e. The Balaban J connectivity index is 1.78. The molecule has 0 spiro atoms. The van der Waals surface area contributed by atoms with E-state index in [0.29, 0.717) is 18.1 Å². The first-order valence-electron chi connectivity index (χ1n) is 7.01. The molecule has 1 saturated heterocycles. The van der Waals surface area contributed by atoms with Crippen molar-refractivity contribution in [1.29, 1.82) is 0 Å². The summed E-state index contributed by atoms with van der Waals surface area (Å²) in [6.45, 7) is 1.51. The molecule has 20 heavy (non-hydrogen) atoms. The lowest BCUT2D eigenvalue weighted by molar-refractivity contribution is 0.0697. The Morgan fingerprint density at radius 2 is 2.20 bits per heavy atom. The summed E-state index contributed by atoms with van der Waals surface area (Å²) in [4.78, 5) is 15.5. The fraction of sp³-hybridized carbons (Fsp3) is 0.467. The SMILES string of the molecule is O=C(O)c1ccc2ncn([C@@H]3COC[C@H]3C3CC3)c2c1. The predicted octanol–water partition coefficient (Wildman–Crippen LogP) is 2.33. The number of benzene rings is 1. The zero-order chi connectivity index (χ0) is 13.7. The van der Waals surface area contributed by atoms with Crippen molar-refractivity contribution in [2.75, 3.05) is 13.2 Å². The maximum atomic E-state index is 11.1. The Morgan fingerprint density at radius 1 is 1.35 bits per heavy atom. The number of aromatic nitrogens is 2. The van der Waals surface area contributed by atoms with E-state index in [1.165, 1.54) is 12.8 Å². The maximum Gasteiger partial charge on any atom is 0.335 e. The normalized spacial score (nSPS) is 26.2. The number of carbonyl (C=O) groups is 1. The average Bonchev–Trinajstić information content (AvgIpc) is 3.02. The van der Waals surface area contributed by atoms with Crippen molar-refractivity contribution in [3.05, 3.63) is 30.1 Å². The van der Waals surface area contributed by atoms with Crippen LogP contribution < -0.4 is 0 Å². The molecule has 1 saturated carbocycles. The van der Waals surface area contributed by atoms with Crippen molar-refractivity contribution in [2.45, 2.75) is 18.9 Å². The van der Waals surface area contributed by atoms with Crippen molar-refractivity contribution in [1.82, 2.24) is 9.55 Å². The van der Waals surface area contributed by atoms with Gasteiger partial charge < -0.3 is 14.4 Å². The molecule has 1 aromatic heterocycles. The minimum Gasteiger partial charge on any atom is -0.478 e. The second-order valence-corrected chi connectivity index (χ2v) is 5.77. The van der Waals surface area contributed by atoms with Crippen LogP contribution in [0.4, 0.5) is 0 Å². The van der Waals surface area contributed by atoms with E-state index in [9.17, 15) is 4.79 Å². The van der Waals surface area contributed by atoms with Crippen molar-refractivity contribution >= 4 is 17.0 Å². The van der Waals surface area contributed by atoms with Crippen LogP contribution in [-0.4, -0.2) is 33.8 Å². The molecule has 2 aromatic rings. The van der Waals surface area contributed by atoms with Crippen molar-refractivity contribution in [3.63, 3.8) is 0 Å². The van der Waals surface area contributed by atoms with Crippen LogP contribution in [0.15, 0.2) is 24.5 Å². The standard InChI is InChI=1S/C15H16N2O3/c18-15(19)10-3-4-12-13(5-10)17(8-16-12)14-7-20-6-11(14)9-1-2-9/h3-5,8-9,11,14H,1-2,6-7H2,(H,18,19)/t11-,14+/m0/s1. The highest BCUT2D eigenvalue weighted by molar-refractivity contribution is 5.92. The molecule has 2 aliphatic rings. The number of carboxylic acid groups (broad SMARTS) is 1. The van der Waals surface area contributed by atoms with Gasteiger partial charge in [-0.05, 0) is 37.0 Å². The third kappa shape index (κ3) is 1.81. The van der Waals surface area contributed by atoms with E-state index in [1.807, 2.05) is 6.33 Å². The second-order valence-electron chi connectivity index (χ2n) is 5.77. The molecule has 0 radical (unpaired) electrons. The van der Waals surface area contributed by atoms with E-state index in [-0.39, 0.29) is 6.04 Å². The highest BCUT2D eigenvalue weighted by Gasteiger charge is 2.41. The highest BCUT2D eigenvalue weighted by Crippen LogP contribution is 2.45. The Labute approximate surface area is 116 Å². The van der Waals surface area contributed by atoms with Gasteiger partial charge in [-0.3, -0.25) is 0 Å². The number of fused-ring (bicyclic) bond motifs is 1. The number of rotatable bonds is 3. The summed E-state index contributed by atoms with van der Waals surface area (Å²) in [7, 11) is 0. The van der Waals surface area contributed by atoms with Crippen LogP contribution in [0, 0.1) is 11.8 Å². The van der Waals surface area contributed by atoms with Gasteiger partial charge in [0.1, 0.15) is 0 Å². The van der Waals surface area contributed by atoms with Gasteiger partial charge in [-0.1, -0.05) is 0 Å². The lowest BCUT2D eigenvalue weighted by atomic mass is 9.98.